The second-order valence-corrected chi connectivity index (χ2v) is 7.16. The number of methoxy groups -OCH3 is 1. The van der Waals surface area contributed by atoms with Gasteiger partial charge in [-0.25, -0.2) is 14.5 Å². The van der Waals surface area contributed by atoms with Gasteiger partial charge >= 0.3 is 5.97 Å². The highest BCUT2D eigenvalue weighted by Gasteiger charge is 2.24. The Kier molecular flexibility index (Phi) is 6.97. The molecule has 0 aromatic carbocycles. The van der Waals surface area contributed by atoms with E-state index in [1.165, 1.54) is 16.5 Å². The normalized spacial score (nSPS) is 12.1. The van der Waals surface area contributed by atoms with Gasteiger partial charge in [0, 0.05) is 6.20 Å². The van der Waals surface area contributed by atoms with Gasteiger partial charge < -0.3 is 10.5 Å². The maximum atomic E-state index is 12.5. The van der Waals surface area contributed by atoms with Crippen LogP contribution < -0.4 is 5.73 Å². The predicted octanol–water partition coefficient (Wildman–Crippen LogP) is 4.86. The lowest BCUT2D eigenvalue weighted by molar-refractivity contribution is 0.0601. The first-order valence-electron chi connectivity index (χ1n) is 10.1. The molecule has 0 fully saturated rings. The average molecular weight is 447 g/mol. The van der Waals surface area contributed by atoms with Crippen LogP contribution in [0.25, 0.3) is 11.5 Å². The Hall–Kier alpha value is -4.34. The largest absolute Gasteiger partial charge is 0.465 e. The summed E-state index contributed by atoms with van der Waals surface area (Å²) >= 11 is 0. The van der Waals surface area contributed by atoms with E-state index in [0.717, 1.165) is 5.57 Å². The van der Waals surface area contributed by atoms with E-state index in [0.29, 0.717) is 28.6 Å². The fourth-order valence-corrected chi connectivity index (χ4v) is 2.95. The summed E-state index contributed by atoms with van der Waals surface area (Å²) in [5.74, 6) is 0.410. The lowest BCUT2D eigenvalue weighted by atomic mass is 10.2. The van der Waals surface area contributed by atoms with E-state index in [1.54, 1.807) is 38.3 Å². The summed E-state index contributed by atoms with van der Waals surface area (Å²) in [5, 5.41) is 17.5. The van der Waals surface area contributed by atoms with Crippen molar-refractivity contribution in [3.63, 3.8) is 0 Å². The fraction of sp³-hybridized carbons (Fsp3) is 0.217. The van der Waals surface area contributed by atoms with Gasteiger partial charge in [0.2, 0.25) is 0 Å². The number of allylic oxidation sites excluding steroid dienone is 5. The molecule has 3 aromatic heterocycles. The highest BCUT2D eigenvalue weighted by molar-refractivity contribution is 5.96. The van der Waals surface area contributed by atoms with Crippen LogP contribution in [0.15, 0.2) is 65.0 Å². The van der Waals surface area contributed by atoms with E-state index in [9.17, 15) is 4.79 Å². The molecule has 0 spiro atoms. The van der Waals surface area contributed by atoms with Crippen molar-refractivity contribution < 1.29 is 9.53 Å². The standard InChI is InChI=1S/C23H26N8O2/c1-7-14(2)11-12-15(3)30-22(19(16(4)28-30)23(32)33-6)27-26-20-17(5)29-31(21(20)24)18-10-8-9-13-25-18/h7-13H,3,24H2,1-2,4-6H3/b12-11-,14-7-,27-26?. The van der Waals surface area contributed by atoms with Gasteiger partial charge in [-0.2, -0.15) is 14.9 Å². The van der Waals surface area contributed by atoms with Crippen molar-refractivity contribution >= 4 is 29.0 Å². The number of nitrogens with zero attached hydrogens (tertiary/aromatic N) is 7. The van der Waals surface area contributed by atoms with Crippen LogP contribution in [0.1, 0.15) is 35.6 Å². The lowest BCUT2D eigenvalue weighted by Crippen LogP contribution is -2.03. The fourth-order valence-electron chi connectivity index (χ4n) is 2.95. The van der Waals surface area contributed by atoms with Gasteiger partial charge in [-0.3, -0.25) is 0 Å². The summed E-state index contributed by atoms with van der Waals surface area (Å²) in [4.78, 5) is 16.7. The zero-order valence-corrected chi connectivity index (χ0v) is 19.3. The number of esters is 1. The number of aryl methyl sites for hydroxylation is 2. The van der Waals surface area contributed by atoms with Crippen molar-refractivity contribution in [3.8, 4) is 5.82 Å². The molecule has 0 amide bonds. The monoisotopic (exact) mass is 446 g/mol. The van der Waals surface area contributed by atoms with Crippen LogP contribution in [0.2, 0.25) is 0 Å². The van der Waals surface area contributed by atoms with Crippen LogP contribution in [-0.4, -0.2) is 37.6 Å². The summed E-state index contributed by atoms with van der Waals surface area (Å²) in [5.41, 5.74) is 9.34. The van der Waals surface area contributed by atoms with Crippen molar-refractivity contribution in [1.82, 2.24) is 24.5 Å². The van der Waals surface area contributed by atoms with Gasteiger partial charge in [0.15, 0.2) is 23.1 Å². The first kappa shape index (κ1) is 23.3. The van der Waals surface area contributed by atoms with Crippen molar-refractivity contribution in [3.05, 3.63) is 71.7 Å². The van der Waals surface area contributed by atoms with Crippen LogP contribution in [0.3, 0.4) is 0 Å². The quantitative estimate of drug-likeness (QED) is 0.314. The number of rotatable bonds is 7. The molecule has 3 rings (SSSR count). The topological polar surface area (TPSA) is 126 Å². The lowest BCUT2D eigenvalue weighted by Gasteiger charge is -2.04. The minimum atomic E-state index is -0.581. The molecule has 2 N–H and O–H groups in total. The molecule has 0 aliphatic heterocycles. The smallest absolute Gasteiger partial charge is 0.343 e. The SMILES string of the molecule is C=C(/C=C\C(C)=C/C)n1nc(C)c(C(=O)OC)c1N=Nc1c(C)nn(-c2ccccn2)c1N. The number of hydrogen-bond acceptors (Lipinski definition) is 8. The van der Waals surface area contributed by atoms with Gasteiger partial charge in [0.25, 0.3) is 0 Å². The third-order valence-electron chi connectivity index (χ3n) is 4.87. The number of azo groups is 1. The van der Waals surface area contributed by atoms with Crippen LogP contribution >= 0.6 is 0 Å². The zero-order valence-electron chi connectivity index (χ0n) is 19.3. The van der Waals surface area contributed by atoms with Crippen molar-refractivity contribution in [1.29, 1.82) is 0 Å². The van der Waals surface area contributed by atoms with Crippen molar-refractivity contribution in [2.75, 3.05) is 12.8 Å². The van der Waals surface area contributed by atoms with E-state index >= 15 is 0 Å². The van der Waals surface area contributed by atoms with Gasteiger partial charge in [-0.1, -0.05) is 30.4 Å². The molecule has 0 bridgehead atoms. The van der Waals surface area contributed by atoms with Gasteiger partial charge in [0.1, 0.15) is 5.56 Å². The third kappa shape index (κ3) is 4.79. The highest BCUT2D eigenvalue weighted by atomic mass is 16.5. The molecule has 33 heavy (non-hydrogen) atoms. The number of nitrogen functional groups attached to an aromatic ring is 1. The number of aromatic nitrogens is 5. The summed E-state index contributed by atoms with van der Waals surface area (Å²) < 4.78 is 7.85. The Morgan fingerprint density at radius 2 is 1.94 bits per heavy atom. The molecule has 0 saturated heterocycles. The zero-order chi connectivity index (χ0) is 24.1. The molecule has 0 aliphatic rings. The summed E-state index contributed by atoms with van der Waals surface area (Å²) in [7, 11) is 1.29. The van der Waals surface area contributed by atoms with Gasteiger partial charge in [-0.05, 0) is 45.9 Å². The van der Waals surface area contributed by atoms with E-state index in [-0.39, 0.29) is 17.2 Å². The molecule has 0 unspecified atom stereocenters. The number of nitrogens with two attached hydrogens (primary N) is 1. The first-order valence-corrected chi connectivity index (χ1v) is 10.1. The van der Waals surface area contributed by atoms with Crippen LogP contribution in [0, 0.1) is 13.8 Å². The maximum Gasteiger partial charge on any atom is 0.343 e. The first-order chi connectivity index (χ1) is 15.8. The molecule has 170 valence electrons. The Morgan fingerprint density at radius 1 is 1.18 bits per heavy atom. The van der Waals surface area contributed by atoms with Crippen molar-refractivity contribution in [2.45, 2.75) is 27.7 Å². The number of anilines is 1. The van der Waals surface area contributed by atoms with Gasteiger partial charge in [-0.15, -0.1) is 10.2 Å². The number of hydrogen-bond donors (Lipinski definition) is 1. The molecule has 0 saturated carbocycles. The van der Waals surface area contributed by atoms with E-state index in [2.05, 4.69) is 32.0 Å². The highest BCUT2D eigenvalue weighted by Crippen LogP contribution is 2.33. The van der Waals surface area contributed by atoms with Crippen LogP contribution in [0.5, 0.6) is 0 Å². The number of pyridine rings is 1. The minimum Gasteiger partial charge on any atom is -0.465 e. The summed E-state index contributed by atoms with van der Waals surface area (Å²) in [6, 6.07) is 5.41. The summed E-state index contributed by atoms with van der Waals surface area (Å²) in [6.07, 6.45) is 7.27. The number of ether oxygens (including phenoxy) is 1. The van der Waals surface area contributed by atoms with E-state index in [4.69, 9.17) is 10.5 Å². The Bertz CT molecular complexity index is 1280. The molecule has 10 nitrogen and oxygen atoms in total. The maximum absolute atomic E-state index is 12.5. The average Bonchev–Trinajstić information content (AvgIpc) is 3.30. The molecule has 0 aliphatic carbocycles. The molecule has 10 heteroatoms. The van der Waals surface area contributed by atoms with Crippen LogP contribution in [0.4, 0.5) is 17.3 Å². The second-order valence-electron chi connectivity index (χ2n) is 7.16. The Morgan fingerprint density at radius 3 is 2.58 bits per heavy atom. The molecular weight excluding hydrogens is 420 g/mol. The second kappa shape index (κ2) is 9.86. The van der Waals surface area contributed by atoms with Gasteiger partial charge in [0.05, 0.1) is 24.2 Å². The molecule has 0 atom stereocenters. The third-order valence-corrected chi connectivity index (χ3v) is 4.87. The molecular formula is C23H26N8O2. The molecule has 0 radical (unpaired) electrons. The molecule has 3 aromatic rings. The van der Waals surface area contributed by atoms with E-state index in [1.807, 2.05) is 32.1 Å². The molecule has 3 heterocycles. The summed E-state index contributed by atoms with van der Waals surface area (Å²) in [6.45, 7) is 11.4. The van der Waals surface area contributed by atoms with Crippen molar-refractivity contribution in [2.24, 2.45) is 10.2 Å². The number of carbonyl (C=O) groups excluding carboxylic acids is 1. The Labute approximate surface area is 191 Å². The van der Waals surface area contributed by atoms with Crippen LogP contribution in [-0.2, 0) is 4.74 Å². The Balaban J connectivity index is 2.09. The number of carbonyl (C=O) groups is 1. The van der Waals surface area contributed by atoms with E-state index < -0.39 is 5.97 Å². The predicted molar refractivity (Wildman–Crippen MR) is 127 cm³/mol. The minimum absolute atomic E-state index is 0.177.